The quantitative estimate of drug-likeness (QED) is 0.0452. The first-order valence-electron chi connectivity index (χ1n) is 12.8. The number of carbonyl (C=O) groups is 1. The third-order valence-corrected chi connectivity index (χ3v) is 4.88. The Morgan fingerprint density at radius 2 is 1.21 bits per heavy atom. The van der Waals surface area contributed by atoms with Gasteiger partial charge >= 0.3 is 0 Å². The molecule has 0 radical (unpaired) electrons. The van der Waals surface area contributed by atoms with Crippen LogP contribution in [-0.4, -0.2) is 106 Å². The molecule has 0 atom stereocenters. The van der Waals surface area contributed by atoms with Gasteiger partial charge in [0, 0.05) is 37.6 Å². The van der Waals surface area contributed by atoms with E-state index < -0.39 is 0 Å². The first-order valence-corrected chi connectivity index (χ1v) is 12.8. The zero-order valence-electron chi connectivity index (χ0n) is 22.8. The molecule has 222 valence electrons. The molecular formula is C24H46N10O5. The first-order chi connectivity index (χ1) is 18.8. The monoisotopic (exact) mass is 554 g/mol. The summed E-state index contributed by atoms with van der Waals surface area (Å²) in [7, 11) is 0. The molecule has 0 fully saturated rings. The Hall–Kier alpha value is -3.02. The van der Waals surface area contributed by atoms with Crippen LogP contribution in [0, 0.1) is 0 Å². The number of nitrogens with two attached hydrogens (primary N) is 6. The Kier molecular flexibility index (Phi) is 18.2. The Morgan fingerprint density at radius 3 is 1.59 bits per heavy atom. The van der Waals surface area contributed by atoms with Crippen LogP contribution < -0.4 is 39.9 Å². The lowest BCUT2D eigenvalue weighted by Gasteiger charge is -2.17. The summed E-state index contributed by atoms with van der Waals surface area (Å²) in [5, 5.41) is 5.50. The summed E-state index contributed by atoms with van der Waals surface area (Å²) in [6.07, 6.45) is 3.01. The van der Waals surface area contributed by atoms with Gasteiger partial charge < -0.3 is 57.2 Å². The van der Waals surface area contributed by atoms with Crippen molar-refractivity contribution in [2.45, 2.75) is 6.92 Å². The van der Waals surface area contributed by atoms with Crippen molar-refractivity contribution in [2.24, 2.45) is 34.6 Å². The zero-order valence-corrected chi connectivity index (χ0v) is 22.8. The second-order valence-corrected chi connectivity index (χ2v) is 8.16. The van der Waals surface area contributed by atoms with Gasteiger partial charge in [-0.15, -0.1) is 0 Å². The number of hydrazine groups is 2. The highest BCUT2D eigenvalue weighted by molar-refractivity contribution is 5.95. The third-order valence-electron chi connectivity index (χ3n) is 4.88. The van der Waals surface area contributed by atoms with Gasteiger partial charge in [-0.2, -0.15) is 0 Å². The fourth-order valence-electron chi connectivity index (χ4n) is 2.99. The van der Waals surface area contributed by atoms with Gasteiger partial charge in [-0.1, -0.05) is 0 Å². The number of rotatable bonds is 22. The summed E-state index contributed by atoms with van der Waals surface area (Å²) in [5.41, 5.74) is 24.7. The summed E-state index contributed by atoms with van der Waals surface area (Å²) < 4.78 is 21.4. The number of amides is 1. The molecule has 13 N–H and O–H groups in total. The predicted molar refractivity (Wildman–Crippen MR) is 150 cm³/mol. The smallest absolute Gasteiger partial charge is 0.251 e. The Labute approximate surface area is 230 Å². The average Bonchev–Trinajstić information content (AvgIpc) is 2.91. The van der Waals surface area contributed by atoms with Crippen LogP contribution in [0.1, 0.15) is 28.7 Å². The summed E-state index contributed by atoms with van der Waals surface area (Å²) >= 11 is 0. The summed E-state index contributed by atoms with van der Waals surface area (Å²) in [6, 6.07) is 3.13. The lowest BCUT2D eigenvalue weighted by Crippen LogP contribution is -2.31. The molecule has 0 aliphatic heterocycles. The van der Waals surface area contributed by atoms with Gasteiger partial charge in [-0.25, -0.2) is 16.7 Å². The second-order valence-electron chi connectivity index (χ2n) is 8.16. The maximum Gasteiger partial charge on any atom is 0.251 e. The van der Waals surface area contributed by atoms with Crippen LogP contribution in [-0.2, 0) is 18.9 Å². The van der Waals surface area contributed by atoms with Crippen LogP contribution in [0.15, 0.2) is 24.5 Å². The fourth-order valence-corrected chi connectivity index (χ4v) is 2.99. The largest absolute Gasteiger partial charge is 0.396 e. The van der Waals surface area contributed by atoms with Crippen molar-refractivity contribution in [3.63, 3.8) is 0 Å². The molecule has 0 aliphatic rings. The highest BCUT2D eigenvalue weighted by Crippen LogP contribution is 2.16. The minimum Gasteiger partial charge on any atom is -0.396 e. The van der Waals surface area contributed by atoms with Crippen LogP contribution in [0.5, 0.6) is 0 Å². The van der Waals surface area contributed by atoms with E-state index in [1.165, 1.54) is 22.4 Å². The molecule has 1 rings (SSSR count). The lowest BCUT2D eigenvalue weighted by atomic mass is 10.1. The number of nitrogens with zero attached hydrogens (tertiary/aromatic N) is 3. The topological polar surface area (TPSA) is 242 Å². The Balaban J connectivity index is 2.85. The summed E-state index contributed by atoms with van der Waals surface area (Å²) in [6.45, 7) is 7.36. The van der Waals surface area contributed by atoms with E-state index in [4.69, 9.17) is 53.6 Å². The third kappa shape index (κ3) is 15.2. The molecule has 0 saturated carbocycles. The number of hydrogen-bond acceptors (Lipinski definition) is 14. The number of pyridine rings is 1. The minimum atomic E-state index is -0.298. The minimum absolute atomic E-state index is 0.235. The van der Waals surface area contributed by atoms with Crippen molar-refractivity contribution < 1.29 is 23.7 Å². The molecule has 0 unspecified atom stereocenters. The number of hydrogen-bond donors (Lipinski definition) is 7. The fraction of sp³-hybridized carbons (Fsp3) is 0.583. The van der Waals surface area contributed by atoms with Crippen LogP contribution in [0.25, 0.3) is 11.4 Å². The SMILES string of the molecule is CCNC(=O)c1cc(/C(N)=C/N(N)CCOCCOCCN)nc(/C(N)=C/N(N)CCOCCOCCN)c1. The lowest BCUT2D eigenvalue weighted by molar-refractivity contribution is 0.0452. The van der Waals surface area contributed by atoms with E-state index in [2.05, 4.69) is 10.3 Å². The zero-order chi connectivity index (χ0) is 28.9. The van der Waals surface area contributed by atoms with Gasteiger partial charge in [0.25, 0.3) is 5.91 Å². The van der Waals surface area contributed by atoms with E-state index in [1.807, 2.05) is 6.92 Å². The van der Waals surface area contributed by atoms with Gasteiger partial charge in [0.1, 0.15) is 0 Å². The molecule has 15 heteroatoms. The van der Waals surface area contributed by atoms with Gasteiger partial charge in [0.05, 0.1) is 88.7 Å². The summed E-state index contributed by atoms with van der Waals surface area (Å²) in [5.74, 6) is 11.8. The van der Waals surface area contributed by atoms with Crippen LogP contribution in [0.3, 0.4) is 0 Å². The molecular weight excluding hydrogens is 508 g/mol. The van der Waals surface area contributed by atoms with Crippen molar-refractivity contribution in [2.75, 3.05) is 85.6 Å². The molecule has 0 aliphatic carbocycles. The van der Waals surface area contributed by atoms with Crippen LogP contribution >= 0.6 is 0 Å². The van der Waals surface area contributed by atoms with Gasteiger partial charge in [-0.3, -0.25) is 4.79 Å². The van der Waals surface area contributed by atoms with Crippen molar-refractivity contribution in [1.29, 1.82) is 0 Å². The van der Waals surface area contributed by atoms with Crippen molar-refractivity contribution in [3.05, 3.63) is 41.5 Å². The molecule has 1 aromatic heterocycles. The number of carbonyl (C=O) groups excluding carboxylic acids is 1. The maximum atomic E-state index is 12.6. The number of aromatic nitrogens is 1. The molecule has 1 amide bonds. The molecule has 0 aromatic carbocycles. The van der Waals surface area contributed by atoms with E-state index in [1.54, 1.807) is 12.1 Å². The van der Waals surface area contributed by atoms with Crippen molar-refractivity contribution in [1.82, 2.24) is 20.3 Å². The van der Waals surface area contributed by atoms with E-state index in [0.29, 0.717) is 103 Å². The van der Waals surface area contributed by atoms with E-state index in [9.17, 15) is 4.79 Å². The van der Waals surface area contributed by atoms with Crippen LogP contribution in [0.4, 0.5) is 0 Å². The molecule has 0 spiro atoms. The average molecular weight is 555 g/mol. The summed E-state index contributed by atoms with van der Waals surface area (Å²) in [4.78, 5) is 17.1. The highest BCUT2D eigenvalue weighted by atomic mass is 16.5. The molecule has 0 saturated heterocycles. The molecule has 15 nitrogen and oxygen atoms in total. The van der Waals surface area contributed by atoms with Crippen molar-refractivity contribution >= 4 is 17.3 Å². The van der Waals surface area contributed by atoms with E-state index in [-0.39, 0.29) is 17.3 Å². The van der Waals surface area contributed by atoms with E-state index >= 15 is 0 Å². The second kappa shape index (κ2) is 20.9. The van der Waals surface area contributed by atoms with E-state index in [0.717, 1.165) is 0 Å². The molecule has 39 heavy (non-hydrogen) atoms. The molecule has 0 bridgehead atoms. The molecule has 1 aromatic rings. The Bertz CT molecular complexity index is 829. The standard InChI is InChI=1S/C24H46N10O5/c1-2-31-24(35)19-15-22(20(27)17-33(29)5-9-38-13-11-36-7-3-25)32-23(16-19)21(28)18-34(30)6-10-39-14-12-37-8-4-26/h15-18H,2-14,25-30H2,1H3,(H,31,35)/b20-17-,21-18-. The van der Waals surface area contributed by atoms with Gasteiger partial charge in [0.15, 0.2) is 0 Å². The normalized spacial score (nSPS) is 12.0. The van der Waals surface area contributed by atoms with Crippen molar-refractivity contribution in [3.8, 4) is 0 Å². The molecule has 1 heterocycles. The first kappa shape index (κ1) is 34.0. The number of ether oxygens (including phenoxy) is 4. The van der Waals surface area contributed by atoms with Crippen LogP contribution in [0.2, 0.25) is 0 Å². The highest BCUT2D eigenvalue weighted by Gasteiger charge is 2.13. The van der Waals surface area contributed by atoms with Gasteiger partial charge in [0.2, 0.25) is 0 Å². The predicted octanol–water partition coefficient (Wildman–Crippen LogP) is -2.32. The maximum absolute atomic E-state index is 12.6. The Morgan fingerprint density at radius 1 is 0.795 bits per heavy atom. The van der Waals surface area contributed by atoms with Gasteiger partial charge in [-0.05, 0) is 19.1 Å². The number of nitrogens with one attached hydrogen (secondary N) is 1.